The van der Waals surface area contributed by atoms with Crippen molar-refractivity contribution < 1.29 is 13.2 Å². The number of aromatic nitrogens is 2. The number of fused-ring (bicyclic) bond motifs is 1. The summed E-state index contributed by atoms with van der Waals surface area (Å²) in [7, 11) is -4.04. The molecular formula is C21H14Cl2N4O4S. The Bertz CT molecular complexity index is 1520. The molecule has 11 heteroatoms. The maximum Gasteiger partial charge on any atom is 0.263 e. The molecule has 162 valence electrons. The highest BCUT2D eigenvalue weighted by molar-refractivity contribution is 7.92. The van der Waals surface area contributed by atoms with E-state index in [9.17, 15) is 18.0 Å². The maximum atomic E-state index is 12.7. The highest BCUT2D eigenvalue weighted by Gasteiger charge is 2.19. The zero-order chi connectivity index (χ0) is 22.9. The van der Waals surface area contributed by atoms with E-state index in [-0.39, 0.29) is 31.8 Å². The maximum absolute atomic E-state index is 12.7. The van der Waals surface area contributed by atoms with Gasteiger partial charge in [0.1, 0.15) is 4.90 Å². The molecule has 1 heterocycles. The zero-order valence-electron chi connectivity index (χ0n) is 16.1. The third-order valence-corrected chi connectivity index (χ3v) is 6.56. The Morgan fingerprint density at radius 1 is 0.969 bits per heavy atom. The van der Waals surface area contributed by atoms with Crippen molar-refractivity contribution in [2.75, 3.05) is 10.0 Å². The number of hydrogen-bond donors (Lipinski definition) is 3. The van der Waals surface area contributed by atoms with Crippen LogP contribution in [0.15, 0.2) is 76.7 Å². The molecule has 0 spiro atoms. The van der Waals surface area contributed by atoms with Gasteiger partial charge in [-0.1, -0.05) is 29.3 Å². The number of sulfonamides is 1. The average Bonchev–Trinajstić information content (AvgIpc) is 2.76. The number of carbonyl (C=O) groups excluding carboxylic acids is 1. The summed E-state index contributed by atoms with van der Waals surface area (Å²) >= 11 is 11.9. The van der Waals surface area contributed by atoms with Gasteiger partial charge in [0.25, 0.3) is 21.5 Å². The molecule has 0 aliphatic carbocycles. The predicted molar refractivity (Wildman–Crippen MR) is 124 cm³/mol. The van der Waals surface area contributed by atoms with Gasteiger partial charge in [-0.15, -0.1) is 0 Å². The molecule has 0 saturated heterocycles. The molecule has 0 radical (unpaired) electrons. The molecule has 0 aliphatic heterocycles. The predicted octanol–water partition coefficient (Wildman–Crippen LogP) is 4.28. The quantitative estimate of drug-likeness (QED) is 0.387. The largest absolute Gasteiger partial charge is 0.322 e. The van der Waals surface area contributed by atoms with Gasteiger partial charge in [0, 0.05) is 22.0 Å². The molecular weight excluding hydrogens is 475 g/mol. The number of nitrogens with one attached hydrogen (secondary N) is 3. The van der Waals surface area contributed by atoms with Crippen molar-refractivity contribution in [2.24, 2.45) is 0 Å². The lowest BCUT2D eigenvalue weighted by atomic mass is 10.1. The lowest BCUT2D eigenvalue weighted by Gasteiger charge is -2.11. The van der Waals surface area contributed by atoms with Crippen LogP contribution in [0.4, 0.5) is 11.4 Å². The van der Waals surface area contributed by atoms with E-state index in [1.807, 2.05) is 0 Å². The fourth-order valence-corrected chi connectivity index (χ4v) is 4.78. The van der Waals surface area contributed by atoms with E-state index in [0.29, 0.717) is 16.6 Å². The van der Waals surface area contributed by atoms with Gasteiger partial charge in [0.2, 0.25) is 0 Å². The molecule has 0 saturated carbocycles. The minimum Gasteiger partial charge on any atom is -0.322 e. The fourth-order valence-electron chi connectivity index (χ4n) is 2.97. The monoisotopic (exact) mass is 488 g/mol. The third-order valence-electron chi connectivity index (χ3n) is 4.46. The van der Waals surface area contributed by atoms with Crippen LogP contribution in [0.3, 0.4) is 0 Å². The SMILES string of the molecule is O=C(Nc1ccc2nc[nH]c(=O)c2c1)c1cccc(NS(=O)(=O)c2cc(Cl)ccc2Cl)c1. The summed E-state index contributed by atoms with van der Waals surface area (Å²) < 4.78 is 27.8. The summed E-state index contributed by atoms with van der Waals surface area (Å²) in [6.45, 7) is 0. The molecule has 0 bridgehead atoms. The third kappa shape index (κ3) is 4.59. The van der Waals surface area contributed by atoms with Crippen molar-refractivity contribution in [1.29, 1.82) is 0 Å². The Morgan fingerprint density at radius 2 is 1.78 bits per heavy atom. The summed E-state index contributed by atoms with van der Waals surface area (Å²) in [6.07, 6.45) is 1.30. The number of benzene rings is 3. The van der Waals surface area contributed by atoms with Crippen LogP contribution in [0, 0.1) is 0 Å². The number of halogens is 2. The second-order valence-corrected chi connectivity index (χ2v) is 9.17. The molecule has 4 rings (SSSR count). The molecule has 1 amide bonds. The van der Waals surface area contributed by atoms with Crippen LogP contribution in [-0.2, 0) is 10.0 Å². The van der Waals surface area contributed by atoms with E-state index in [4.69, 9.17) is 23.2 Å². The molecule has 3 aromatic carbocycles. The summed E-state index contributed by atoms with van der Waals surface area (Å²) in [4.78, 5) is 31.0. The van der Waals surface area contributed by atoms with Crippen LogP contribution >= 0.6 is 23.2 Å². The Kier molecular flexibility index (Phi) is 5.88. The first-order chi connectivity index (χ1) is 15.2. The normalized spacial score (nSPS) is 11.3. The van der Waals surface area contributed by atoms with Gasteiger partial charge in [-0.2, -0.15) is 0 Å². The van der Waals surface area contributed by atoms with Gasteiger partial charge >= 0.3 is 0 Å². The van der Waals surface area contributed by atoms with Crippen LogP contribution in [0.25, 0.3) is 10.9 Å². The first kappa shape index (κ1) is 21.8. The highest BCUT2D eigenvalue weighted by atomic mass is 35.5. The molecule has 0 atom stereocenters. The average molecular weight is 489 g/mol. The first-order valence-corrected chi connectivity index (χ1v) is 11.3. The zero-order valence-corrected chi connectivity index (χ0v) is 18.4. The van der Waals surface area contributed by atoms with Crippen LogP contribution in [0.1, 0.15) is 10.4 Å². The first-order valence-electron chi connectivity index (χ1n) is 9.10. The highest BCUT2D eigenvalue weighted by Crippen LogP contribution is 2.27. The topological polar surface area (TPSA) is 121 Å². The molecule has 4 aromatic rings. The Morgan fingerprint density at radius 3 is 2.59 bits per heavy atom. The van der Waals surface area contributed by atoms with Gasteiger partial charge in [-0.05, 0) is 54.6 Å². The lowest BCUT2D eigenvalue weighted by Crippen LogP contribution is -2.16. The van der Waals surface area contributed by atoms with Crippen LogP contribution in [0.5, 0.6) is 0 Å². The molecule has 32 heavy (non-hydrogen) atoms. The number of rotatable bonds is 5. The van der Waals surface area contributed by atoms with Crippen molar-refractivity contribution in [3.05, 3.63) is 93.0 Å². The number of nitrogens with zero attached hydrogens (tertiary/aromatic N) is 1. The van der Waals surface area contributed by atoms with Gasteiger partial charge in [0.15, 0.2) is 0 Å². The van der Waals surface area contributed by atoms with E-state index in [1.54, 1.807) is 12.1 Å². The van der Waals surface area contributed by atoms with Crippen molar-refractivity contribution in [1.82, 2.24) is 9.97 Å². The van der Waals surface area contributed by atoms with Gasteiger partial charge in [-0.3, -0.25) is 14.3 Å². The van der Waals surface area contributed by atoms with Gasteiger partial charge in [0.05, 0.1) is 22.3 Å². The summed E-state index contributed by atoms with van der Waals surface area (Å²) in [6, 6.07) is 14.7. The second-order valence-electron chi connectivity index (χ2n) is 6.68. The number of anilines is 2. The molecule has 3 N–H and O–H groups in total. The summed E-state index contributed by atoms with van der Waals surface area (Å²) in [5, 5.41) is 3.23. The van der Waals surface area contributed by atoms with E-state index in [0.717, 1.165) is 0 Å². The molecule has 8 nitrogen and oxygen atoms in total. The van der Waals surface area contributed by atoms with E-state index >= 15 is 0 Å². The number of amides is 1. The number of aromatic amines is 1. The molecule has 1 aromatic heterocycles. The minimum absolute atomic E-state index is 0.0107. The lowest BCUT2D eigenvalue weighted by molar-refractivity contribution is 0.102. The molecule has 0 aliphatic rings. The van der Waals surface area contributed by atoms with Crippen molar-refractivity contribution >= 4 is 61.4 Å². The van der Waals surface area contributed by atoms with Crippen molar-refractivity contribution in [3.63, 3.8) is 0 Å². The number of H-pyrrole nitrogens is 1. The molecule has 0 fully saturated rings. The molecule has 0 unspecified atom stereocenters. The second kappa shape index (κ2) is 8.62. The van der Waals surface area contributed by atoms with Crippen LogP contribution in [0.2, 0.25) is 10.0 Å². The van der Waals surface area contributed by atoms with Crippen molar-refractivity contribution in [2.45, 2.75) is 4.90 Å². The standard InChI is InChI=1S/C21H14Cl2N4O4S/c22-13-4-6-17(23)19(9-13)32(30,31)27-15-3-1-2-12(8-15)20(28)26-14-5-7-18-16(10-14)21(29)25-11-24-18/h1-11,27H,(H,26,28)(H,24,25,29). The van der Waals surface area contributed by atoms with E-state index < -0.39 is 15.9 Å². The van der Waals surface area contributed by atoms with Gasteiger partial charge in [-0.25, -0.2) is 13.4 Å². The summed E-state index contributed by atoms with van der Waals surface area (Å²) in [5.41, 5.74) is 0.901. The summed E-state index contributed by atoms with van der Waals surface area (Å²) in [5.74, 6) is -0.494. The van der Waals surface area contributed by atoms with Crippen molar-refractivity contribution in [3.8, 4) is 0 Å². The van der Waals surface area contributed by atoms with Crippen LogP contribution < -0.4 is 15.6 Å². The fraction of sp³-hybridized carbons (Fsp3) is 0. The Balaban J connectivity index is 1.57. The van der Waals surface area contributed by atoms with Gasteiger partial charge < -0.3 is 10.3 Å². The number of hydrogen-bond acceptors (Lipinski definition) is 5. The Hall–Kier alpha value is -3.40. The minimum atomic E-state index is -4.04. The van der Waals surface area contributed by atoms with E-state index in [2.05, 4.69) is 20.0 Å². The van der Waals surface area contributed by atoms with E-state index in [1.165, 1.54) is 54.9 Å². The van der Waals surface area contributed by atoms with Crippen LogP contribution in [-0.4, -0.2) is 24.3 Å². The number of carbonyl (C=O) groups is 1. The smallest absolute Gasteiger partial charge is 0.263 e. The Labute approximate surface area is 192 Å².